The van der Waals surface area contributed by atoms with Crippen molar-refractivity contribution >= 4 is 22.9 Å². The molecule has 3 heterocycles. The average Bonchev–Trinajstić information content (AvgIpc) is 3.43. The van der Waals surface area contributed by atoms with Crippen LogP contribution in [-0.4, -0.2) is 25.8 Å². The van der Waals surface area contributed by atoms with Crippen LogP contribution in [0.25, 0.3) is 16.4 Å². The molecule has 0 radical (unpaired) electrons. The van der Waals surface area contributed by atoms with Crippen LogP contribution < -0.4 is 5.32 Å². The largest absolute Gasteiger partial charge is 0.339 e. The highest BCUT2D eigenvalue weighted by atomic mass is 32.1. The van der Waals surface area contributed by atoms with Gasteiger partial charge in [0.25, 0.3) is 0 Å². The standard InChI is InChI=1S/C21H20FN5O2S/c1-13-11-14(2)27(25-13)17-9-8-15(12-16(17)22)23-19(28)6-3-7-20-24-21(26-29-20)18-5-4-10-30-18/h4-5,8-12H,3,6-7H2,1-2H3,(H,23,28). The molecule has 0 unspecified atom stereocenters. The van der Waals surface area contributed by atoms with E-state index < -0.39 is 5.82 Å². The summed E-state index contributed by atoms with van der Waals surface area (Å²) in [5.41, 5.74) is 2.40. The number of rotatable bonds is 7. The van der Waals surface area contributed by atoms with E-state index in [1.165, 1.54) is 17.4 Å². The number of amides is 1. The van der Waals surface area contributed by atoms with E-state index in [0.29, 0.717) is 35.9 Å². The molecular weight excluding hydrogens is 405 g/mol. The molecule has 1 amide bonds. The predicted octanol–water partition coefficient (Wildman–Crippen LogP) is 4.70. The minimum absolute atomic E-state index is 0.203. The zero-order valence-corrected chi connectivity index (χ0v) is 17.4. The molecule has 0 aliphatic rings. The predicted molar refractivity (Wildman–Crippen MR) is 112 cm³/mol. The van der Waals surface area contributed by atoms with Crippen LogP contribution >= 0.6 is 11.3 Å². The van der Waals surface area contributed by atoms with Gasteiger partial charge in [0, 0.05) is 24.2 Å². The van der Waals surface area contributed by atoms with Gasteiger partial charge in [0.05, 0.1) is 10.6 Å². The van der Waals surface area contributed by atoms with Crippen LogP contribution in [-0.2, 0) is 11.2 Å². The molecule has 3 aromatic heterocycles. The van der Waals surface area contributed by atoms with Gasteiger partial charge in [-0.1, -0.05) is 11.2 Å². The van der Waals surface area contributed by atoms with Crippen molar-refractivity contribution in [3.8, 4) is 16.4 Å². The minimum atomic E-state index is -0.453. The van der Waals surface area contributed by atoms with Gasteiger partial charge in [0.1, 0.15) is 5.69 Å². The molecule has 0 spiro atoms. The molecule has 4 aromatic rings. The molecule has 7 nitrogen and oxygen atoms in total. The molecule has 1 N–H and O–H groups in total. The Morgan fingerprint density at radius 3 is 2.83 bits per heavy atom. The first kappa shape index (κ1) is 20.0. The van der Waals surface area contributed by atoms with Gasteiger partial charge in [0.15, 0.2) is 5.82 Å². The number of benzene rings is 1. The highest BCUT2D eigenvalue weighted by Gasteiger charge is 2.13. The fraction of sp³-hybridized carbons (Fsp3) is 0.238. The van der Waals surface area contributed by atoms with Gasteiger partial charge in [-0.15, -0.1) is 11.3 Å². The summed E-state index contributed by atoms with van der Waals surface area (Å²) in [7, 11) is 0. The second kappa shape index (κ2) is 8.58. The molecule has 0 saturated heterocycles. The van der Waals surface area contributed by atoms with Gasteiger partial charge < -0.3 is 9.84 Å². The van der Waals surface area contributed by atoms with Crippen molar-refractivity contribution < 1.29 is 13.7 Å². The van der Waals surface area contributed by atoms with Crippen molar-refractivity contribution in [3.05, 3.63) is 64.9 Å². The number of nitrogens with one attached hydrogen (secondary N) is 1. The summed E-state index contributed by atoms with van der Waals surface area (Å²) in [4.78, 5) is 17.5. The number of hydrogen-bond acceptors (Lipinski definition) is 6. The van der Waals surface area contributed by atoms with E-state index in [-0.39, 0.29) is 12.3 Å². The van der Waals surface area contributed by atoms with Gasteiger partial charge in [-0.2, -0.15) is 10.1 Å². The third-order valence-electron chi connectivity index (χ3n) is 4.47. The average molecular weight is 425 g/mol. The Bertz CT molecular complexity index is 1170. The number of nitrogens with zero attached hydrogens (tertiary/aromatic N) is 4. The normalized spacial score (nSPS) is 11.0. The number of aryl methyl sites for hydroxylation is 3. The lowest BCUT2D eigenvalue weighted by Gasteiger charge is -2.09. The lowest BCUT2D eigenvalue weighted by Crippen LogP contribution is -2.12. The Hall–Kier alpha value is -3.33. The summed E-state index contributed by atoms with van der Waals surface area (Å²) >= 11 is 1.54. The Kier molecular flexibility index (Phi) is 5.71. The molecule has 0 bridgehead atoms. The lowest BCUT2D eigenvalue weighted by atomic mass is 10.2. The molecule has 9 heteroatoms. The van der Waals surface area contributed by atoms with Gasteiger partial charge in [-0.05, 0) is 56.0 Å². The van der Waals surface area contributed by atoms with Crippen LogP contribution in [0.5, 0.6) is 0 Å². The highest BCUT2D eigenvalue weighted by Crippen LogP contribution is 2.22. The lowest BCUT2D eigenvalue weighted by molar-refractivity contribution is -0.116. The van der Waals surface area contributed by atoms with E-state index in [2.05, 4.69) is 20.6 Å². The van der Waals surface area contributed by atoms with E-state index >= 15 is 0 Å². The fourth-order valence-electron chi connectivity index (χ4n) is 3.12. The summed E-state index contributed by atoms with van der Waals surface area (Å²) in [5, 5.41) is 12.9. The Balaban J connectivity index is 1.31. The minimum Gasteiger partial charge on any atom is -0.339 e. The van der Waals surface area contributed by atoms with Crippen molar-refractivity contribution in [2.24, 2.45) is 0 Å². The number of aromatic nitrogens is 4. The zero-order chi connectivity index (χ0) is 21.1. The smallest absolute Gasteiger partial charge is 0.226 e. The molecular formula is C21H20FN5O2S. The topological polar surface area (TPSA) is 85.8 Å². The van der Waals surface area contributed by atoms with E-state index in [9.17, 15) is 9.18 Å². The van der Waals surface area contributed by atoms with Crippen molar-refractivity contribution in [1.82, 2.24) is 19.9 Å². The van der Waals surface area contributed by atoms with Crippen LogP contribution in [0, 0.1) is 19.7 Å². The first-order chi connectivity index (χ1) is 14.5. The molecule has 0 aliphatic heterocycles. The summed E-state index contributed by atoms with van der Waals surface area (Å²) < 4.78 is 21.3. The Morgan fingerprint density at radius 1 is 1.27 bits per heavy atom. The maximum absolute atomic E-state index is 14.5. The number of thiophene rings is 1. The van der Waals surface area contributed by atoms with Gasteiger partial charge in [0.2, 0.25) is 17.6 Å². The van der Waals surface area contributed by atoms with E-state index in [1.54, 1.807) is 16.8 Å². The Labute approximate surface area is 176 Å². The van der Waals surface area contributed by atoms with E-state index in [0.717, 1.165) is 16.3 Å². The molecule has 4 rings (SSSR count). The van der Waals surface area contributed by atoms with Crippen molar-refractivity contribution in [2.45, 2.75) is 33.1 Å². The van der Waals surface area contributed by atoms with E-state index in [4.69, 9.17) is 4.52 Å². The molecule has 154 valence electrons. The van der Waals surface area contributed by atoms with Crippen LogP contribution in [0.1, 0.15) is 30.1 Å². The molecule has 0 aliphatic carbocycles. The molecule has 0 atom stereocenters. The van der Waals surface area contributed by atoms with Crippen LogP contribution in [0.15, 0.2) is 46.3 Å². The SMILES string of the molecule is Cc1cc(C)n(-c2ccc(NC(=O)CCCc3nc(-c4cccs4)no3)cc2F)n1. The number of anilines is 1. The number of carbonyl (C=O) groups is 1. The number of hydrogen-bond donors (Lipinski definition) is 1. The quantitative estimate of drug-likeness (QED) is 0.464. The summed E-state index contributed by atoms with van der Waals surface area (Å²) in [6.45, 7) is 3.72. The maximum Gasteiger partial charge on any atom is 0.226 e. The number of halogens is 1. The fourth-order valence-corrected chi connectivity index (χ4v) is 3.76. The first-order valence-electron chi connectivity index (χ1n) is 9.49. The van der Waals surface area contributed by atoms with E-state index in [1.807, 2.05) is 37.4 Å². The second-order valence-corrected chi connectivity index (χ2v) is 7.84. The monoisotopic (exact) mass is 425 g/mol. The zero-order valence-electron chi connectivity index (χ0n) is 16.6. The molecule has 1 aromatic carbocycles. The highest BCUT2D eigenvalue weighted by molar-refractivity contribution is 7.13. The molecule has 30 heavy (non-hydrogen) atoms. The van der Waals surface area contributed by atoms with Crippen molar-refractivity contribution in [3.63, 3.8) is 0 Å². The summed E-state index contributed by atoms with van der Waals surface area (Å²) in [5.74, 6) is 0.395. The van der Waals surface area contributed by atoms with Crippen molar-refractivity contribution in [1.29, 1.82) is 0 Å². The summed E-state index contributed by atoms with van der Waals surface area (Å²) in [6, 6.07) is 10.3. The van der Waals surface area contributed by atoms with Crippen LogP contribution in [0.3, 0.4) is 0 Å². The van der Waals surface area contributed by atoms with Crippen LogP contribution in [0.2, 0.25) is 0 Å². The molecule has 0 saturated carbocycles. The second-order valence-electron chi connectivity index (χ2n) is 6.90. The van der Waals surface area contributed by atoms with Gasteiger partial charge >= 0.3 is 0 Å². The third kappa shape index (κ3) is 4.46. The number of carbonyl (C=O) groups excluding carboxylic acids is 1. The van der Waals surface area contributed by atoms with Gasteiger partial charge in [-0.3, -0.25) is 4.79 Å². The van der Waals surface area contributed by atoms with Gasteiger partial charge in [-0.25, -0.2) is 9.07 Å². The van der Waals surface area contributed by atoms with Crippen molar-refractivity contribution in [2.75, 3.05) is 5.32 Å². The molecule has 0 fully saturated rings. The van der Waals surface area contributed by atoms with Crippen LogP contribution in [0.4, 0.5) is 10.1 Å². The Morgan fingerprint density at radius 2 is 2.13 bits per heavy atom. The third-order valence-corrected chi connectivity index (χ3v) is 5.34. The maximum atomic E-state index is 14.5. The first-order valence-corrected chi connectivity index (χ1v) is 10.4. The summed E-state index contributed by atoms with van der Waals surface area (Å²) in [6.07, 6.45) is 1.30.